The second-order valence-electron chi connectivity index (χ2n) is 12.7. The highest BCUT2D eigenvalue weighted by Gasteiger charge is 2.34. The van der Waals surface area contributed by atoms with Gasteiger partial charge in [0.05, 0.1) is 6.04 Å². The number of nitrogens with one attached hydrogen (secondary N) is 2. The Kier molecular flexibility index (Phi) is 12.9. The van der Waals surface area contributed by atoms with Gasteiger partial charge in [-0.25, -0.2) is 0 Å². The monoisotopic (exact) mass is 658 g/mol. The van der Waals surface area contributed by atoms with Gasteiger partial charge in [0.2, 0.25) is 17.7 Å². The van der Waals surface area contributed by atoms with Crippen LogP contribution in [-0.4, -0.2) is 53.6 Å². The minimum atomic E-state index is -0.653. The molecule has 0 spiro atoms. The Morgan fingerprint density at radius 1 is 0.694 bits per heavy atom. The van der Waals surface area contributed by atoms with Crippen molar-refractivity contribution in [2.75, 3.05) is 13.1 Å². The summed E-state index contributed by atoms with van der Waals surface area (Å²) in [5.74, 6) is -0.495. The lowest BCUT2D eigenvalue weighted by atomic mass is 9.91. The van der Waals surface area contributed by atoms with E-state index in [1.165, 1.54) is 0 Å². The zero-order valence-electron chi connectivity index (χ0n) is 27.9. The second kappa shape index (κ2) is 17.9. The lowest BCUT2D eigenvalue weighted by Crippen LogP contribution is -2.52. The summed E-state index contributed by atoms with van der Waals surface area (Å²) < 4.78 is 0. The van der Waals surface area contributed by atoms with Crippen molar-refractivity contribution < 1.29 is 19.2 Å². The summed E-state index contributed by atoms with van der Waals surface area (Å²) in [6.07, 6.45) is 3.15. The van der Waals surface area contributed by atoms with Gasteiger partial charge in [-0.3, -0.25) is 19.2 Å². The number of amides is 3. The number of nitrogens with zero attached hydrogens (tertiary/aromatic N) is 1. The lowest BCUT2D eigenvalue weighted by Gasteiger charge is -2.36. The molecule has 0 aromatic heterocycles. The minimum absolute atomic E-state index is 0.00689. The molecule has 2 unspecified atom stereocenters. The molecule has 0 fully saturated rings. The summed E-state index contributed by atoms with van der Waals surface area (Å²) in [4.78, 5) is 53.9. The molecule has 4 aromatic rings. The Labute approximate surface area is 289 Å². The van der Waals surface area contributed by atoms with Gasteiger partial charge in [-0.2, -0.15) is 0 Å². The van der Waals surface area contributed by atoms with E-state index in [4.69, 9.17) is 5.73 Å². The maximum atomic E-state index is 13.4. The predicted octanol–water partition coefficient (Wildman–Crippen LogP) is 5.56. The molecule has 1 aliphatic rings. The zero-order valence-corrected chi connectivity index (χ0v) is 27.9. The number of carbonyl (C=O) groups is 4. The highest BCUT2D eigenvalue weighted by Crippen LogP contribution is 2.26. The van der Waals surface area contributed by atoms with Crippen molar-refractivity contribution in [2.24, 2.45) is 5.73 Å². The van der Waals surface area contributed by atoms with Crippen LogP contribution in [0.2, 0.25) is 0 Å². The van der Waals surface area contributed by atoms with Crippen molar-refractivity contribution in [1.29, 1.82) is 0 Å². The number of ketones is 1. The first-order valence-corrected chi connectivity index (χ1v) is 17.3. The Balaban J connectivity index is 1.07. The lowest BCUT2D eigenvalue weighted by molar-refractivity contribution is -0.141. The molecule has 0 aliphatic carbocycles. The Morgan fingerprint density at radius 2 is 1.29 bits per heavy atom. The van der Waals surface area contributed by atoms with Gasteiger partial charge in [-0.1, -0.05) is 115 Å². The number of hydrogen-bond acceptors (Lipinski definition) is 5. The number of fused-ring (bicyclic) bond motifs is 1. The van der Waals surface area contributed by atoms with Gasteiger partial charge in [0.1, 0.15) is 6.04 Å². The number of carbonyl (C=O) groups excluding carboxylic acids is 4. The third-order valence-corrected chi connectivity index (χ3v) is 9.22. The molecule has 2 atom stereocenters. The standard InChI is InChI=1S/C41H46N4O4/c42-36(40(48)44-28-35(30-15-4-1-5-16-30)31-17-6-2-7-18-31)23-12-13-26-43-41(49)37-27-33-21-10-11-22-34(33)29-45(37)39(47)25-14-24-38(46)32-19-8-3-9-20-32/h1-11,15-22,35-37H,12-14,23-29,42H2,(H,43,49)(H,44,48). The Bertz CT molecular complexity index is 1640. The van der Waals surface area contributed by atoms with Gasteiger partial charge in [0.25, 0.3) is 0 Å². The maximum Gasteiger partial charge on any atom is 0.243 e. The summed E-state index contributed by atoms with van der Waals surface area (Å²) in [6.45, 7) is 1.22. The van der Waals surface area contributed by atoms with Crippen molar-refractivity contribution in [3.8, 4) is 0 Å². The molecule has 4 N–H and O–H groups in total. The average Bonchev–Trinajstić information content (AvgIpc) is 3.15. The molecule has 1 heterocycles. The highest BCUT2D eigenvalue weighted by atomic mass is 16.2. The summed E-state index contributed by atoms with van der Waals surface area (Å²) in [7, 11) is 0. The van der Waals surface area contributed by atoms with Crippen LogP contribution in [0.4, 0.5) is 0 Å². The van der Waals surface area contributed by atoms with Crippen LogP contribution in [0.25, 0.3) is 0 Å². The van der Waals surface area contributed by atoms with Crippen LogP contribution in [0, 0.1) is 0 Å². The van der Waals surface area contributed by atoms with E-state index in [1.54, 1.807) is 17.0 Å². The fraction of sp³-hybridized carbons (Fsp3) is 0.317. The molecule has 8 heteroatoms. The van der Waals surface area contributed by atoms with E-state index in [1.807, 2.05) is 78.9 Å². The van der Waals surface area contributed by atoms with Crippen molar-refractivity contribution >= 4 is 23.5 Å². The molecule has 254 valence electrons. The molecule has 0 radical (unpaired) electrons. The smallest absolute Gasteiger partial charge is 0.243 e. The Hall–Kier alpha value is -5.08. The van der Waals surface area contributed by atoms with Gasteiger partial charge in [-0.15, -0.1) is 0 Å². The molecule has 49 heavy (non-hydrogen) atoms. The first-order chi connectivity index (χ1) is 23.9. The van der Waals surface area contributed by atoms with E-state index in [0.29, 0.717) is 57.3 Å². The molecular formula is C41H46N4O4. The van der Waals surface area contributed by atoms with E-state index in [9.17, 15) is 19.2 Å². The third kappa shape index (κ3) is 9.97. The summed E-state index contributed by atoms with van der Waals surface area (Å²) >= 11 is 0. The van der Waals surface area contributed by atoms with Crippen LogP contribution in [-0.2, 0) is 27.3 Å². The van der Waals surface area contributed by atoms with Crippen molar-refractivity contribution in [2.45, 2.75) is 69.5 Å². The quantitative estimate of drug-likeness (QED) is 0.108. The van der Waals surface area contributed by atoms with Crippen LogP contribution in [0.3, 0.4) is 0 Å². The fourth-order valence-electron chi connectivity index (χ4n) is 6.41. The number of hydrogen-bond donors (Lipinski definition) is 3. The van der Waals surface area contributed by atoms with Crippen LogP contribution in [0.5, 0.6) is 0 Å². The van der Waals surface area contributed by atoms with Crippen LogP contribution >= 0.6 is 0 Å². The number of unbranched alkanes of at least 4 members (excludes halogenated alkanes) is 1. The number of nitrogens with two attached hydrogens (primary N) is 1. The molecule has 4 aromatic carbocycles. The van der Waals surface area contributed by atoms with E-state index in [2.05, 4.69) is 34.9 Å². The molecule has 0 bridgehead atoms. The SMILES string of the molecule is NC(CCCCNC(=O)C1Cc2ccccc2CN1C(=O)CCCC(=O)c1ccccc1)C(=O)NCC(c1ccccc1)c1ccccc1. The van der Waals surface area contributed by atoms with E-state index in [0.717, 1.165) is 22.3 Å². The van der Waals surface area contributed by atoms with Gasteiger partial charge in [-0.05, 0) is 47.9 Å². The molecule has 0 saturated heterocycles. The molecule has 5 rings (SSSR count). The van der Waals surface area contributed by atoms with E-state index in [-0.39, 0.29) is 42.3 Å². The Morgan fingerprint density at radius 3 is 1.94 bits per heavy atom. The minimum Gasteiger partial charge on any atom is -0.354 e. The van der Waals surface area contributed by atoms with Gasteiger partial charge >= 0.3 is 0 Å². The normalized spacial score (nSPS) is 14.5. The molecular weight excluding hydrogens is 612 g/mol. The van der Waals surface area contributed by atoms with Crippen molar-refractivity contribution in [1.82, 2.24) is 15.5 Å². The summed E-state index contributed by atoms with van der Waals surface area (Å²) in [5.41, 5.74) is 11.2. The van der Waals surface area contributed by atoms with E-state index < -0.39 is 12.1 Å². The van der Waals surface area contributed by atoms with E-state index >= 15 is 0 Å². The van der Waals surface area contributed by atoms with Crippen LogP contribution in [0.1, 0.15) is 77.1 Å². The second-order valence-corrected chi connectivity index (χ2v) is 12.7. The van der Waals surface area contributed by atoms with Crippen molar-refractivity contribution in [3.05, 3.63) is 143 Å². The molecule has 8 nitrogen and oxygen atoms in total. The number of benzene rings is 4. The number of Topliss-reactive ketones (excluding diaryl/α,β-unsaturated/α-hetero) is 1. The van der Waals surface area contributed by atoms with Crippen LogP contribution < -0.4 is 16.4 Å². The topological polar surface area (TPSA) is 122 Å². The summed E-state index contributed by atoms with van der Waals surface area (Å²) in [5, 5.41) is 6.06. The van der Waals surface area contributed by atoms with Gasteiger partial charge in [0.15, 0.2) is 5.78 Å². The molecule has 3 amide bonds. The molecule has 0 saturated carbocycles. The highest BCUT2D eigenvalue weighted by molar-refractivity contribution is 5.96. The molecule has 1 aliphatic heterocycles. The third-order valence-electron chi connectivity index (χ3n) is 9.22. The fourth-order valence-corrected chi connectivity index (χ4v) is 6.41. The largest absolute Gasteiger partial charge is 0.354 e. The van der Waals surface area contributed by atoms with Gasteiger partial charge < -0.3 is 21.3 Å². The van der Waals surface area contributed by atoms with Crippen LogP contribution in [0.15, 0.2) is 115 Å². The first-order valence-electron chi connectivity index (χ1n) is 17.3. The van der Waals surface area contributed by atoms with Gasteiger partial charge in [0, 0.05) is 50.4 Å². The maximum absolute atomic E-state index is 13.4. The average molecular weight is 659 g/mol. The zero-order chi connectivity index (χ0) is 34.4. The number of rotatable bonds is 16. The summed E-state index contributed by atoms with van der Waals surface area (Å²) in [6, 6.07) is 35.9. The first kappa shape index (κ1) is 35.2. The van der Waals surface area contributed by atoms with Crippen molar-refractivity contribution in [3.63, 3.8) is 0 Å². The predicted molar refractivity (Wildman–Crippen MR) is 192 cm³/mol.